The lowest BCUT2D eigenvalue weighted by atomic mass is 10.0. The van der Waals surface area contributed by atoms with Crippen molar-refractivity contribution < 1.29 is 9.59 Å². The number of aromatic nitrogens is 2. The molecule has 25 heavy (non-hydrogen) atoms. The SMILES string of the molecule is CC1CN(Cc2ccc3c(c2)n(C)c(=O)n3C2CCC(=O)NC2=O)C1. The van der Waals surface area contributed by atoms with Crippen molar-refractivity contribution in [1.29, 1.82) is 0 Å². The van der Waals surface area contributed by atoms with Gasteiger partial charge in [0, 0.05) is 33.1 Å². The molecule has 2 fully saturated rings. The molecule has 1 aromatic heterocycles. The van der Waals surface area contributed by atoms with Crippen LogP contribution >= 0.6 is 0 Å². The number of nitrogens with zero attached hydrogens (tertiary/aromatic N) is 3. The molecule has 2 aromatic rings. The van der Waals surface area contributed by atoms with Crippen molar-refractivity contribution in [3.8, 4) is 0 Å². The van der Waals surface area contributed by atoms with E-state index in [1.54, 1.807) is 11.6 Å². The molecule has 7 heteroatoms. The lowest BCUT2D eigenvalue weighted by Gasteiger charge is -2.37. The summed E-state index contributed by atoms with van der Waals surface area (Å²) in [6.45, 7) is 5.32. The predicted octanol–water partition coefficient (Wildman–Crippen LogP) is 0.769. The number of imide groups is 1. The molecule has 2 saturated heterocycles. The van der Waals surface area contributed by atoms with Crippen LogP contribution in [0.1, 0.15) is 31.4 Å². The highest BCUT2D eigenvalue weighted by atomic mass is 16.2. The molecule has 0 aliphatic carbocycles. The second kappa shape index (κ2) is 5.84. The third-order valence-electron chi connectivity index (χ3n) is 5.22. The first-order valence-corrected chi connectivity index (χ1v) is 8.70. The summed E-state index contributed by atoms with van der Waals surface area (Å²) in [6, 6.07) is 5.34. The Balaban J connectivity index is 1.71. The van der Waals surface area contributed by atoms with E-state index in [9.17, 15) is 14.4 Å². The summed E-state index contributed by atoms with van der Waals surface area (Å²) in [5, 5.41) is 2.33. The van der Waals surface area contributed by atoms with E-state index in [0.717, 1.165) is 42.1 Å². The number of benzene rings is 1. The van der Waals surface area contributed by atoms with E-state index in [0.29, 0.717) is 6.42 Å². The monoisotopic (exact) mass is 342 g/mol. The van der Waals surface area contributed by atoms with Crippen molar-refractivity contribution in [3.63, 3.8) is 0 Å². The maximum atomic E-state index is 12.7. The molecule has 3 heterocycles. The third-order valence-corrected chi connectivity index (χ3v) is 5.22. The Hall–Kier alpha value is -2.41. The van der Waals surface area contributed by atoms with Crippen LogP contribution in [0.4, 0.5) is 0 Å². The number of nitrogens with one attached hydrogen (secondary N) is 1. The minimum absolute atomic E-state index is 0.223. The first-order chi connectivity index (χ1) is 11.9. The molecule has 1 atom stereocenters. The van der Waals surface area contributed by atoms with Gasteiger partial charge in [-0.25, -0.2) is 4.79 Å². The molecule has 0 spiro atoms. The number of carbonyl (C=O) groups is 2. The van der Waals surface area contributed by atoms with E-state index in [-0.39, 0.29) is 18.0 Å². The van der Waals surface area contributed by atoms with E-state index in [2.05, 4.69) is 17.1 Å². The predicted molar refractivity (Wildman–Crippen MR) is 93.0 cm³/mol. The number of carbonyl (C=O) groups excluding carboxylic acids is 2. The van der Waals surface area contributed by atoms with Gasteiger partial charge in [-0.3, -0.25) is 28.9 Å². The van der Waals surface area contributed by atoms with Crippen molar-refractivity contribution in [2.45, 2.75) is 32.4 Å². The van der Waals surface area contributed by atoms with Gasteiger partial charge in [0.25, 0.3) is 0 Å². The molecule has 2 amide bonds. The van der Waals surface area contributed by atoms with Crippen LogP contribution in [-0.2, 0) is 23.2 Å². The molecule has 1 N–H and O–H groups in total. The molecule has 2 aliphatic rings. The van der Waals surface area contributed by atoms with E-state index < -0.39 is 11.9 Å². The van der Waals surface area contributed by atoms with Gasteiger partial charge >= 0.3 is 5.69 Å². The van der Waals surface area contributed by atoms with Gasteiger partial charge in [0.05, 0.1) is 11.0 Å². The second-order valence-corrected chi connectivity index (χ2v) is 7.30. The Bertz CT molecular complexity index is 920. The number of rotatable bonds is 3. The lowest BCUT2D eigenvalue weighted by Crippen LogP contribution is -2.44. The molecule has 1 aromatic carbocycles. The van der Waals surface area contributed by atoms with Gasteiger partial charge in [0.1, 0.15) is 6.04 Å². The Kier molecular flexibility index (Phi) is 3.76. The molecule has 4 rings (SSSR count). The Morgan fingerprint density at radius 1 is 1.16 bits per heavy atom. The standard InChI is InChI=1S/C18H22N4O3/c1-11-8-21(9-11)10-12-3-4-13-15(7-12)20(2)18(25)22(13)14-5-6-16(23)19-17(14)24/h3-4,7,11,14H,5-6,8-10H2,1-2H3,(H,19,23,24). The van der Waals surface area contributed by atoms with Crippen LogP contribution in [0.5, 0.6) is 0 Å². The smallest absolute Gasteiger partial charge is 0.298 e. The molecule has 7 nitrogen and oxygen atoms in total. The molecule has 0 radical (unpaired) electrons. The van der Waals surface area contributed by atoms with E-state index in [1.165, 1.54) is 4.57 Å². The highest BCUT2D eigenvalue weighted by Crippen LogP contribution is 2.25. The maximum absolute atomic E-state index is 12.7. The lowest BCUT2D eigenvalue weighted by molar-refractivity contribution is -0.135. The fourth-order valence-corrected chi connectivity index (χ4v) is 3.95. The Morgan fingerprint density at radius 2 is 1.92 bits per heavy atom. The molecule has 132 valence electrons. The Morgan fingerprint density at radius 3 is 2.60 bits per heavy atom. The van der Waals surface area contributed by atoms with E-state index in [4.69, 9.17) is 0 Å². The van der Waals surface area contributed by atoms with Crippen LogP contribution in [-0.4, -0.2) is 38.9 Å². The van der Waals surface area contributed by atoms with Crippen LogP contribution in [0.3, 0.4) is 0 Å². The van der Waals surface area contributed by atoms with Gasteiger partial charge < -0.3 is 0 Å². The van der Waals surface area contributed by atoms with Gasteiger partial charge in [-0.2, -0.15) is 0 Å². The van der Waals surface area contributed by atoms with Crippen molar-refractivity contribution >= 4 is 22.8 Å². The van der Waals surface area contributed by atoms with Gasteiger partial charge in [0.2, 0.25) is 11.8 Å². The summed E-state index contributed by atoms with van der Waals surface area (Å²) in [6.07, 6.45) is 0.613. The van der Waals surface area contributed by atoms with Crippen LogP contribution in [0.15, 0.2) is 23.0 Å². The number of hydrogen-bond donors (Lipinski definition) is 1. The molecule has 0 saturated carbocycles. The zero-order valence-corrected chi connectivity index (χ0v) is 14.5. The number of amides is 2. The average molecular weight is 342 g/mol. The maximum Gasteiger partial charge on any atom is 0.329 e. The largest absolute Gasteiger partial charge is 0.329 e. The van der Waals surface area contributed by atoms with Crippen LogP contribution in [0.25, 0.3) is 11.0 Å². The molecular weight excluding hydrogens is 320 g/mol. The third kappa shape index (κ3) is 2.68. The summed E-state index contributed by atoms with van der Waals surface area (Å²) >= 11 is 0. The van der Waals surface area contributed by atoms with Gasteiger partial charge in [-0.15, -0.1) is 0 Å². The number of fused-ring (bicyclic) bond motifs is 1. The number of piperidine rings is 1. The molecule has 1 unspecified atom stereocenters. The molecule has 0 bridgehead atoms. The highest BCUT2D eigenvalue weighted by Gasteiger charge is 2.31. The topological polar surface area (TPSA) is 76.3 Å². The number of likely N-dealkylation sites (tertiary alicyclic amines) is 1. The fourth-order valence-electron chi connectivity index (χ4n) is 3.95. The van der Waals surface area contributed by atoms with Gasteiger partial charge in [-0.05, 0) is 30.0 Å². The summed E-state index contributed by atoms with van der Waals surface area (Å²) in [7, 11) is 1.72. The summed E-state index contributed by atoms with van der Waals surface area (Å²) < 4.78 is 3.11. The first-order valence-electron chi connectivity index (χ1n) is 8.70. The summed E-state index contributed by atoms with van der Waals surface area (Å²) in [5.74, 6) is 0.0757. The first kappa shape index (κ1) is 16.1. The summed E-state index contributed by atoms with van der Waals surface area (Å²) in [5.41, 5.74) is 2.50. The average Bonchev–Trinajstić information content (AvgIpc) is 2.78. The number of imidazole rings is 1. The van der Waals surface area contributed by atoms with Crippen molar-refractivity contribution in [3.05, 3.63) is 34.2 Å². The van der Waals surface area contributed by atoms with Crippen molar-refractivity contribution in [2.24, 2.45) is 13.0 Å². The fraction of sp³-hybridized carbons (Fsp3) is 0.500. The quantitative estimate of drug-likeness (QED) is 0.836. The molecular formula is C18H22N4O3. The van der Waals surface area contributed by atoms with Crippen LogP contribution < -0.4 is 11.0 Å². The van der Waals surface area contributed by atoms with E-state index in [1.807, 2.05) is 18.2 Å². The van der Waals surface area contributed by atoms with Crippen molar-refractivity contribution in [2.75, 3.05) is 13.1 Å². The zero-order valence-electron chi connectivity index (χ0n) is 14.5. The van der Waals surface area contributed by atoms with E-state index >= 15 is 0 Å². The number of hydrogen-bond acceptors (Lipinski definition) is 4. The normalized spacial score (nSPS) is 22.2. The number of aryl methyl sites for hydroxylation is 1. The minimum atomic E-state index is -0.629. The van der Waals surface area contributed by atoms with Gasteiger partial charge in [-0.1, -0.05) is 13.0 Å². The highest BCUT2D eigenvalue weighted by molar-refractivity contribution is 6.00. The van der Waals surface area contributed by atoms with Gasteiger partial charge in [0.15, 0.2) is 0 Å². The molecule has 2 aliphatic heterocycles. The van der Waals surface area contributed by atoms with Crippen molar-refractivity contribution in [1.82, 2.24) is 19.4 Å². The van der Waals surface area contributed by atoms with Crippen LogP contribution in [0.2, 0.25) is 0 Å². The second-order valence-electron chi connectivity index (χ2n) is 7.30. The minimum Gasteiger partial charge on any atom is -0.298 e. The Labute approximate surface area is 145 Å². The zero-order chi connectivity index (χ0) is 17.7. The summed E-state index contributed by atoms with van der Waals surface area (Å²) in [4.78, 5) is 38.7. The van der Waals surface area contributed by atoms with Crippen LogP contribution in [0, 0.1) is 5.92 Å².